The summed E-state index contributed by atoms with van der Waals surface area (Å²) in [5.74, 6) is 0.544. The Hall–Kier alpha value is -1.04. The lowest BCUT2D eigenvalue weighted by molar-refractivity contribution is -0.117. The van der Waals surface area contributed by atoms with Gasteiger partial charge in [-0.3, -0.25) is 4.79 Å². The van der Waals surface area contributed by atoms with E-state index in [0.29, 0.717) is 0 Å². The molecule has 68 valence electrons. The van der Waals surface area contributed by atoms with Crippen molar-refractivity contribution in [2.45, 2.75) is 39.0 Å². The lowest BCUT2D eigenvalue weighted by Gasteiger charge is -2.22. The van der Waals surface area contributed by atoms with E-state index >= 15 is 0 Å². The monoisotopic (exact) mass is 168 g/mol. The van der Waals surface area contributed by atoms with Crippen LogP contribution in [0.25, 0.3) is 0 Å². The molecule has 0 aromatic carbocycles. The summed E-state index contributed by atoms with van der Waals surface area (Å²) >= 11 is 0. The zero-order valence-electron chi connectivity index (χ0n) is 7.55. The van der Waals surface area contributed by atoms with Crippen molar-refractivity contribution >= 4 is 5.91 Å². The molecule has 1 rings (SSSR count). The van der Waals surface area contributed by atoms with Crippen LogP contribution in [0.5, 0.6) is 0 Å². The van der Waals surface area contributed by atoms with Crippen molar-refractivity contribution < 1.29 is 4.79 Å². The predicted molar refractivity (Wildman–Crippen MR) is 47.1 cm³/mol. The lowest BCUT2D eigenvalue weighted by atomic mass is 9.84. The zero-order chi connectivity index (χ0) is 9.40. The number of carbonyl (C=O) groups excluding carboxylic acids is 1. The molecular formula is C9H16N2O. The normalized spacial score (nSPS) is 15.0. The third-order valence-electron chi connectivity index (χ3n) is 2.06. The number of carbonyl (C=O) groups is 1. The molecule has 0 aliphatic heterocycles. The van der Waals surface area contributed by atoms with Gasteiger partial charge in [0.15, 0.2) is 0 Å². The Morgan fingerprint density at radius 2 is 2.25 bits per heavy atom. The quantitative estimate of drug-likeness (QED) is 0.680. The molecule has 1 saturated carbocycles. The van der Waals surface area contributed by atoms with E-state index < -0.39 is 5.91 Å². The molecule has 0 saturated heterocycles. The fraction of sp³-hybridized carbons (Fsp3) is 0.778. The van der Waals surface area contributed by atoms with Crippen molar-refractivity contribution in [3.8, 4) is 6.07 Å². The maximum Gasteiger partial charge on any atom is 0.231 e. The van der Waals surface area contributed by atoms with E-state index in [1.165, 1.54) is 25.7 Å². The minimum atomic E-state index is -0.572. The van der Waals surface area contributed by atoms with Crippen LogP contribution in [0.1, 0.15) is 39.0 Å². The van der Waals surface area contributed by atoms with Gasteiger partial charge in [-0.15, -0.1) is 0 Å². The summed E-state index contributed by atoms with van der Waals surface area (Å²) in [5.41, 5.74) is 4.54. The molecule has 1 aliphatic carbocycles. The number of hydrogen-bond donors (Lipinski definition) is 1. The molecule has 3 nitrogen and oxygen atoms in total. The summed E-state index contributed by atoms with van der Waals surface area (Å²) in [5, 5.41) is 7.69. The highest BCUT2D eigenvalue weighted by Gasteiger charge is 2.13. The van der Waals surface area contributed by atoms with Gasteiger partial charge in [0.2, 0.25) is 5.91 Å². The van der Waals surface area contributed by atoms with Crippen molar-refractivity contribution in [3.63, 3.8) is 0 Å². The highest BCUT2D eigenvalue weighted by Crippen LogP contribution is 2.28. The first-order valence-corrected chi connectivity index (χ1v) is 4.36. The molecule has 0 aromatic heterocycles. The molecule has 0 spiro atoms. The van der Waals surface area contributed by atoms with Crippen LogP contribution >= 0.6 is 0 Å². The SMILES string of the molecule is CCC1CCC1.N#CCC(N)=O. The summed E-state index contributed by atoms with van der Waals surface area (Å²) in [6.45, 7) is 2.28. The first-order valence-electron chi connectivity index (χ1n) is 4.36. The number of primary amides is 1. The zero-order valence-corrected chi connectivity index (χ0v) is 7.55. The molecule has 0 aromatic rings. The maximum absolute atomic E-state index is 9.60. The Kier molecular flexibility index (Phi) is 6.08. The van der Waals surface area contributed by atoms with Gasteiger partial charge >= 0.3 is 0 Å². The van der Waals surface area contributed by atoms with E-state index in [9.17, 15) is 4.79 Å². The summed E-state index contributed by atoms with van der Waals surface area (Å²) in [7, 11) is 0. The lowest BCUT2D eigenvalue weighted by Crippen LogP contribution is -2.08. The molecule has 1 aliphatic rings. The standard InChI is InChI=1S/C6H12.C3H4N2O/c1-2-6-4-3-5-6;4-2-1-3(5)6/h6H,2-5H2,1H3;1H2,(H2,5,6). The number of hydrogen-bond acceptors (Lipinski definition) is 2. The van der Waals surface area contributed by atoms with E-state index in [1.807, 2.05) is 0 Å². The fourth-order valence-corrected chi connectivity index (χ4v) is 0.979. The van der Waals surface area contributed by atoms with Crippen LogP contribution in [-0.2, 0) is 4.79 Å². The van der Waals surface area contributed by atoms with Gasteiger partial charge in [0.25, 0.3) is 0 Å². The van der Waals surface area contributed by atoms with E-state index in [1.54, 1.807) is 6.07 Å². The summed E-state index contributed by atoms with van der Waals surface area (Å²) in [6.07, 6.45) is 5.76. The molecule has 12 heavy (non-hydrogen) atoms. The molecule has 0 unspecified atom stereocenters. The van der Waals surface area contributed by atoms with Crippen LogP contribution in [0.4, 0.5) is 0 Å². The Labute approximate surface area is 73.6 Å². The number of nitrogens with zero attached hydrogens (tertiary/aromatic N) is 1. The Balaban J connectivity index is 0.000000202. The molecule has 1 fully saturated rings. The van der Waals surface area contributed by atoms with Crippen LogP contribution in [-0.4, -0.2) is 5.91 Å². The van der Waals surface area contributed by atoms with Crippen LogP contribution in [0.2, 0.25) is 0 Å². The number of amides is 1. The number of nitriles is 1. The van der Waals surface area contributed by atoms with E-state index in [4.69, 9.17) is 5.26 Å². The van der Waals surface area contributed by atoms with E-state index in [0.717, 1.165) is 5.92 Å². The van der Waals surface area contributed by atoms with E-state index in [-0.39, 0.29) is 6.42 Å². The van der Waals surface area contributed by atoms with Gasteiger partial charge in [0.1, 0.15) is 6.42 Å². The molecule has 3 heteroatoms. The van der Waals surface area contributed by atoms with E-state index in [2.05, 4.69) is 12.7 Å². The van der Waals surface area contributed by atoms with Crippen LogP contribution < -0.4 is 5.73 Å². The van der Waals surface area contributed by atoms with Crippen molar-refractivity contribution in [3.05, 3.63) is 0 Å². The second kappa shape index (κ2) is 6.66. The minimum Gasteiger partial charge on any atom is -0.369 e. The van der Waals surface area contributed by atoms with Crippen molar-refractivity contribution in [1.82, 2.24) is 0 Å². The van der Waals surface area contributed by atoms with Gasteiger partial charge in [-0.25, -0.2) is 0 Å². The minimum absolute atomic E-state index is 0.181. The third-order valence-corrected chi connectivity index (χ3v) is 2.06. The summed E-state index contributed by atoms with van der Waals surface area (Å²) in [4.78, 5) is 9.60. The average molecular weight is 168 g/mol. The highest BCUT2D eigenvalue weighted by atomic mass is 16.1. The van der Waals surface area contributed by atoms with Crippen LogP contribution in [0.3, 0.4) is 0 Å². The largest absolute Gasteiger partial charge is 0.369 e. The molecule has 0 heterocycles. The van der Waals surface area contributed by atoms with Gasteiger partial charge in [-0.05, 0) is 5.92 Å². The third kappa shape index (κ3) is 5.72. The Bertz CT molecular complexity index is 165. The van der Waals surface area contributed by atoms with Gasteiger partial charge < -0.3 is 5.73 Å². The van der Waals surface area contributed by atoms with Gasteiger partial charge in [-0.1, -0.05) is 32.6 Å². The molecule has 0 atom stereocenters. The maximum atomic E-state index is 9.60. The fourth-order valence-electron chi connectivity index (χ4n) is 0.979. The van der Waals surface area contributed by atoms with Gasteiger partial charge in [0, 0.05) is 0 Å². The van der Waals surface area contributed by atoms with Gasteiger partial charge in [-0.2, -0.15) is 5.26 Å². The Morgan fingerprint density at radius 3 is 2.25 bits per heavy atom. The van der Waals surface area contributed by atoms with Crippen molar-refractivity contribution in [2.75, 3.05) is 0 Å². The number of nitrogens with two attached hydrogens (primary N) is 1. The molecule has 2 N–H and O–H groups in total. The predicted octanol–water partition coefficient (Wildman–Crippen LogP) is 1.58. The van der Waals surface area contributed by atoms with Crippen LogP contribution in [0.15, 0.2) is 0 Å². The average Bonchev–Trinajstić information content (AvgIpc) is 1.85. The van der Waals surface area contributed by atoms with Crippen LogP contribution in [0, 0.1) is 17.2 Å². The molecule has 0 radical (unpaired) electrons. The molecular weight excluding hydrogens is 152 g/mol. The number of rotatable bonds is 2. The topological polar surface area (TPSA) is 66.9 Å². The van der Waals surface area contributed by atoms with Gasteiger partial charge in [0.05, 0.1) is 6.07 Å². The summed E-state index contributed by atoms with van der Waals surface area (Å²) < 4.78 is 0. The first-order chi connectivity index (χ1) is 5.70. The smallest absolute Gasteiger partial charge is 0.231 e. The molecule has 0 bridgehead atoms. The second-order valence-corrected chi connectivity index (χ2v) is 3.01. The molecule has 1 amide bonds. The second-order valence-electron chi connectivity index (χ2n) is 3.01. The van der Waals surface area contributed by atoms with Crippen molar-refractivity contribution in [1.29, 1.82) is 5.26 Å². The summed E-state index contributed by atoms with van der Waals surface area (Å²) in [6, 6.07) is 1.59. The Morgan fingerprint density at radius 1 is 1.67 bits per heavy atom. The highest BCUT2D eigenvalue weighted by molar-refractivity contribution is 5.75. The first kappa shape index (κ1) is 11.0. The van der Waals surface area contributed by atoms with Crippen molar-refractivity contribution in [2.24, 2.45) is 11.7 Å².